The number of nitrogens with one attached hydrogen (secondary N) is 3. The van der Waals surface area contributed by atoms with Gasteiger partial charge in [-0.3, -0.25) is 14.5 Å². The molecule has 1 aliphatic rings. The fourth-order valence-electron chi connectivity index (χ4n) is 3.68. The monoisotopic (exact) mass is 527 g/mol. The first-order chi connectivity index (χ1) is 17.2. The summed E-state index contributed by atoms with van der Waals surface area (Å²) in [5, 5.41) is 9.92. The molecule has 0 saturated carbocycles. The van der Waals surface area contributed by atoms with Crippen LogP contribution in [0.25, 0.3) is 0 Å². The van der Waals surface area contributed by atoms with Gasteiger partial charge in [0, 0.05) is 42.4 Å². The van der Waals surface area contributed by atoms with Gasteiger partial charge in [-0.1, -0.05) is 38.2 Å². The number of benzene rings is 1. The molecule has 0 radical (unpaired) electrons. The minimum absolute atomic E-state index is 0.000712. The molecule has 1 saturated heterocycles. The van der Waals surface area contributed by atoms with Crippen molar-refractivity contribution in [1.29, 1.82) is 0 Å². The van der Waals surface area contributed by atoms with Crippen LogP contribution in [-0.4, -0.2) is 61.1 Å². The van der Waals surface area contributed by atoms with E-state index < -0.39 is 0 Å². The van der Waals surface area contributed by atoms with Crippen LogP contribution in [-0.2, 0) is 10.2 Å². The van der Waals surface area contributed by atoms with E-state index in [1.807, 2.05) is 31.2 Å². The Hall–Kier alpha value is -2.79. The lowest BCUT2D eigenvalue weighted by molar-refractivity contribution is 0.0398. The molecule has 3 aromatic rings. The van der Waals surface area contributed by atoms with Gasteiger partial charge in [-0.05, 0) is 42.2 Å². The van der Waals surface area contributed by atoms with E-state index >= 15 is 0 Å². The molecule has 8 nitrogen and oxygen atoms in total. The van der Waals surface area contributed by atoms with Crippen LogP contribution < -0.4 is 16.0 Å². The number of carbonyl (C=O) groups is 2. The Kier molecular flexibility index (Phi) is 8.40. The number of hydrogen-bond acceptors (Lipinski definition) is 8. The second-order valence-corrected chi connectivity index (χ2v) is 11.9. The predicted molar refractivity (Wildman–Crippen MR) is 148 cm³/mol. The molecule has 1 fully saturated rings. The van der Waals surface area contributed by atoms with E-state index in [4.69, 9.17) is 4.74 Å². The largest absolute Gasteiger partial charge is 0.379 e. The molecule has 1 aliphatic heterocycles. The molecule has 0 aliphatic carbocycles. The van der Waals surface area contributed by atoms with Crippen molar-refractivity contribution < 1.29 is 14.3 Å². The fraction of sp³-hybridized carbons (Fsp3) is 0.423. The Morgan fingerprint density at radius 3 is 2.50 bits per heavy atom. The quantitative estimate of drug-likeness (QED) is 0.379. The summed E-state index contributed by atoms with van der Waals surface area (Å²) in [6.07, 6.45) is 1.58. The van der Waals surface area contributed by atoms with Crippen LogP contribution in [0.15, 0.2) is 36.5 Å². The first kappa shape index (κ1) is 26.3. The van der Waals surface area contributed by atoms with E-state index in [0.29, 0.717) is 21.1 Å². The average molecular weight is 528 g/mol. The summed E-state index contributed by atoms with van der Waals surface area (Å²) in [6, 6.07) is 9.36. The smallest absolute Gasteiger partial charge is 0.267 e. The lowest BCUT2D eigenvalue weighted by Crippen LogP contribution is -2.38. The van der Waals surface area contributed by atoms with Gasteiger partial charge in [0.05, 0.1) is 24.3 Å². The third-order valence-corrected chi connectivity index (χ3v) is 8.31. The maximum atomic E-state index is 12.9. The van der Waals surface area contributed by atoms with Gasteiger partial charge in [-0.2, -0.15) is 0 Å². The highest BCUT2D eigenvalue weighted by molar-refractivity contribution is 7.17. The van der Waals surface area contributed by atoms with Crippen molar-refractivity contribution in [3.8, 4) is 0 Å². The van der Waals surface area contributed by atoms with Crippen LogP contribution in [0.2, 0.25) is 0 Å². The zero-order chi connectivity index (χ0) is 25.7. The third-order valence-electron chi connectivity index (χ3n) is 5.85. The molecule has 10 heteroatoms. The zero-order valence-electron chi connectivity index (χ0n) is 21.1. The van der Waals surface area contributed by atoms with Gasteiger partial charge in [-0.25, -0.2) is 4.98 Å². The summed E-state index contributed by atoms with van der Waals surface area (Å²) < 4.78 is 5.37. The van der Waals surface area contributed by atoms with E-state index in [1.165, 1.54) is 22.7 Å². The molecule has 0 bridgehead atoms. The summed E-state index contributed by atoms with van der Waals surface area (Å²) in [5.74, 6) is -0.389. The molecule has 0 unspecified atom stereocenters. The van der Waals surface area contributed by atoms with Gasteiger partial charge in [0.1, 0.15) is 4.88 Å². The van der Waals surface area contributed by atoms with Gasteiger partial charge in [0.2, 0.25) is 0 Å². The summed E-state index contributed by atoms with van der Waals surface area (Å²) >= 11 is 2.82. The first-order valence-corrected chi connectivity index (χ1v) is 13.7. The van der Waals surface area contributed by atoms with Crippen LogP contribution in [0.3, 0.4) is 0 Å². The number of amides is 2. The number of thiophene rings is 1. The summed E-state index contributed by atoms with van der Waals surface area (Å²) in [7, 11) is 0. The van der Waals surface area contributed by atoms with E-state index in [1.54, 1.807) is 12.3 Å². The number of anilines is 3. The van der Waals surface area contributed by atoms with Crippen molar-refractivity contribution in [1.82, 2.24) is 9.88 Å². The second kappa shape index (κ2) is 11.5. The maximum Gasteiger partial charge on any atom is 0.267 e. The highest BCUT2D eigenvalue weighted by Crippen LogP contribution is 2.30. The van der Waals surface area contributed by atoms with Crippen LogP contribution in [0, 0.1) is 6.92 Å². The molecule has 192 valence electrons. The summed E-state index contributed by atoms with van der Waals surface area (Å²) in [6.45, 7) is 13.4. The molecule has 4 rings (SSSR count). The zero-order valence-corrected chi connectivity index (χ0v) is 22.8. The molecule has 0 atom stereocenters. The highest BCUT2D eigenvalue weighted by Gasteiger charge is 2.19. The maximum absolute atomic E-state index is 12.9. The van der Waals surface area contributed by atoms with Crippen molar-refractivity contribution in [2.45, 2.75) is 33.1 Å². The lowest BCUT2D eigenvalue weighted by Gasteiger charge is -2.26. The van der Waals surface area contributed by atoms with E-state index in [-0.39, 0.29) is 17.2 Å². The van der Waals surface area contributed by atoms with E-state index in [0.717, 1.165) is 55.0 Å². The Morgan fingerprint density at radius 1 is 1.03 bits per heavy atom. The number of hydrogen-bond donors (Lipinski definition) is 3. The fourth-order valence-corrected chi connectivity index (χ4v) is 5.38. The molecular weight excluding hydrogens is 494 g/mol. The number of carbonyl (C=O) groups excluding carboxylic acids is 2. The van der Waals surface area contributed by atoms with Gasteiger partial charge in [0.25, 0.3) is 11.8 Å². The SMILES string of the molecule is Cc1ccc(NC(=O)c2ccc(C(C)(C)C)s2)cc1NC(=O)c1cnc(NCCN2CCOCC2)s1. The molecule has 1 aromatic carbocycles. The molecular formula is C26H33N5O3S2. The Labute approximate surface area is 220 Å². The van der Waals surface area contributed by atoms with Crippen molar-refractivity contribution in [3.63, 3.8) is 0 Å². The number of ether oxygens (including phenoxy) is 1. The first-order valence-electron chi connectivity index (χ1n) is 12.0. The van der Waals surface area contributed by atoms with Crippen LogP contribution in [0.5, 0.6) is 0 Å². The summed E-state index contributed by atoms with van der Waals surface area (Å²) in [5.41, 5.74) is 2.18. The van der Waals surface area contributed by atoms with Crippen molar-refractivity contribution in [3.05, 3.63) is 56.7 Å². The number of thiazole rings is 1. The number of aromatic nitrogens is 1. The highest BCUT2D eigenvalue weighted by atomic mass is 32.1. The van der Waals surface area contributed by atoms with Crippen LogP contribution in [0.1, 0.15) is 50.6 Å². The lowest BCUT2D eigenvalue weighted by atomic mass is 9.95. The van der Waals surface area contributed by atoms with Gasteiger partial charge in [-0.15, -0.1) is 11.3 Å². The normalized spacial score (nSPS) is 14.4. The van der Waals surface area contributed by atoms with Crippen molar-refractivity contribution in [2.24, 2.45) is 0 Å². The van der Waals surface area contributed by atoms with E-state index in [2.05, 4.69) is 46.6 Å². The molecule has 0 spiro atoms. The molecule has 3 N–H and O–H groups in total. The number of rotatable bonds is 8. The Bertz CT molecular complexity index is 1210. The van der Waals surface area contributed by atoms with Crippen molar-refractivity contribution >= 4 is 51.0 Å². The van der Waals surface area contributed by atoms with Gasteiger partial charge < -0.3 is 20.7 Å². The summed E-state index contributed by atoms with van der Waals surface area (Å²) in [4.78, 5) is 34.7. The Morgan fingerprint density at radius 2 is 1.78 bits per heavy atom. The standard InChI is InChI=1S/C26H33N5O3S2/c1-17-5-6-18(29-23(32)20-7-8-22(35-20)26(2,3)4)15-19(17)30-24(33)21-16-28-25(36-21)27-9-10-31-11-13-34-14-12-31/h5-8,15-16H,9-14H2,1-4H3,(H,27,28)(H,29,32)(H,30,33). The average Bonchev–Trinajstić information content (AvgIpc) is 3.52. The topological polar surface area (TPSA) is 95.6 Å². The number of nitrogens with zero attached hydrogens (tertiary/aromatic N) is 2. The van der Waals surface area contributed by atoms with Crippen LogP contribution >= 0.6 is 22.7 Å². The number of morpholine rings is 1. The van der Waals surface area contributed by atoms with Crippen LogP contribution in [0.4, 0.5) is 16.5 Å². The van der Waals surface area contributed by atoms with Crippen molar-refractivity contribution in [2.75, 3.05) is 55.3 Å². The molecule has 2 aromatic heterocycles. The third kappa shape index (κ3) is 6.91. The minimum Gasteiger partial charge on any atom is -0.379 e. The van der Waals surface area contributed by atoms with Gasteiger partial charge in [0.15, 0.2) is 5.13 Å². The van der Waals surface area contributed by atoms with E-state index in [9.17, 15) is 9.59 Å². The second-order valence-electron chi connectivity index (χ2n) is 9.76. The molecule has 36 heavy (non-hydrogen) atoms. The Balaban J connectivity index is 1.34. The predicted octanol–water partition coefficient (Wildman–Crippen LogP) is 5.06. The molecule has 2 amide bonds. The minimum atomic E-state index is -0.228. The molecule has 3 heterocycles. The number of aryl methyl sites for hydroxylation is 1. The van der Waals surface area contributed by atoms with Gasteiger partial charge >= 0.3 is 0 Å².